The first-order valence-electron chi connectivity index (χ1n) is 11.6. The minimum absolute atomic E-state index is 0.0588. The molecule has 2 aromatic heterocycles. The summed E-state index contributed by atoms with van der Waals surface area (Å²) in [5, 5.41) is 7.45. The van der Waals surface area contributed by atoms with E-state index in [1.807, 2.05) is 30.3 Å². The maximum Gasteiger partial charge on any atom is 0.257 e. The first-order chi connectivity index (χ1) is 17.7. The number of hydrogen-bond donors (Lipinski definition) is 2. The molecule has 0 aliphatic heterocycles. The summed E-state index contributed by atoms with van der Waals surface area (Å²) in [5.74, 6) is -0.729. The number of anilines is 2. The fourth-order valence-corrected chi connectivity index (χ4v) is 4.04. The lowest BCUT2D eigenvalue weighted by Gasteiger charge is -2.22. The number of carbonyl (C=O) groups excluding carboxylic acids is 2. The first kappa shape index (κ1) is 25.7. The number of nitrogens with zero attached hydrogens (tertiary/aromatic N) is 4. The van der Waals surface area contributed by atoms with E-state index in [9.17, 15) is 14.4 Å². The van der Waals surface area contributed by atoms with Gasteiger partial charge in [0.05, 0.1) is 13.1 Å². The molecule has 0 radical (unpaired) electrons. The van der Waals surface area contributed by atoms with Gasteiger partial charge >= 0.3 is 0 Å². The molecule has 0 bridgehead atoms. The highest BCUT2D eigenvalue weighted by Crippen LogP contribution is 2.19. The zero-order chi connectivity index (χ0) is 26.5. The van der Waals surface area contributed by atoms with E-state index >= 15 is 0 Å². The summed E-state index contributed by atoms with van der Waals surface area (Å²) in [6.07, 6.45) is 3.30. The zero-order valence-corrected chi connectivity index (χ0v) is 21.2. The van der Waals surface area contributed by atoms with Gasteiger partial charge in [-0.15, -0.1) is 0 Å². The van der Waals surface area contributed by atoms with E-state index in [1.165, 1.54) is 11.0 Å². The Morgan fingerprint density at radius 3 is 2.43 bits per heavy atom. The minimum atomic E-state index is -0.802. The molecule has 3 N–H and O–H groups in total. The van der Waals surface area contributed by atoms with Crippen LogP contribution < -0.4 is 21.5 Å². The van der Waals surface area contributed by atoms with Crippen molar-refractivity contribution < 1.29 is 9.59 Å². The third-order valence-corrected chi connectivity index (χ3v) is 6.13. The van der Waals surface area contributed by atoms with E-state index in [0.717, 1.165) is 11.1 Å². The molecule has 1 atom stereocenters. The van der Waals surface area contributed by atoms with Gasteiger partial charge in [-0.2, -0.15) is 5.10 Å². The fraction of sp³-hybridized carbons (Fsp3) is 0.185. The number of amides is 2. The number of carbonyl (C=O) groups is 2. The number of rotatable bonds is 8. The van der Waals surface area contributed by atoms with Gasteiger partial charge in [0.25, 0.3) is 11.5 Å². The van der Waals surface area contributed by atoms with E-state index in [4.69, 9.17) is 17.3 Å². The summed E-state index contributed by atoms with van der Waals surface area (Å²) in [7, 11) is 1.62. The maximum atomic E-state index is 12.8. The lowest BCUT2D eigenvalue weighted by atomic mass is 10.1. The second kappa shape index (κ2) is 11.1. The monoisotopic (exact) mass is 518 g/mol. The SMILES string of the molecule is C[C@H](NC(=O)c1cn(Cc2ccc(Cn3ccccc3=O)cc2)nc1N)C(=O)N(C)c1cccc(Cl)c1. The Kier molecular flexibility index (Phi) is 7.74. The number of likely N-dealkylation sites (N-methyl/N-ethyl adjacent to an activating group) is 1. The molecule has 37 heavy (non-hydrogen) atoms. The lowest BCUT2D eigenvalue weighted by molar-refractivity contribution is -0.119. The Morgan fingerprint density at radius 1 is 1.05 bits per heavy atom. The highest BCUT2D eigenvalue weighted by Gasteiger charge is 2.23. The van der Waals surface area contributed by atoms with Crippen LogP contribution in [0.2, 0.25) is 5.02 Å². The molecular formula is C27H27ClN6O3. The van der Waals surface area contributed by atoms with Crippen LogP contribution in [-0.4, -0.2) is 39.3 Å². The average Bonchev–Trinajstić information content (AvgIpc) is 3.25. The van der Waals surface area contributed by atoms with Crippen molar-refractivity contribution in [1.29, 1.82) is 0 Å². The summed E-state index contributed by atoms with van der Waals surface area (Å²) in [6, 6.07) is 18.9. The second-order valence-electron chi connectivity index (χ2n) is 8.68. The predicted molar refractivity (Wildman–Crippen MR) is 144 cm³/mol. The fourth-order valence-electron chi connectivity index (χ4n) is 3.86. The highest BCUT2D eigenvalue weighted by atomic mass is 35.5. The van der Waals surface area contributed by atoms with Crippen LogP contribution in [0.15, 0.2) is 83.9 Å². The minimum Gasteiger partial charge on any atom is -0.382 e. The predicted octanol–water partition coefficient (Wildman–Crippen LogP) is 3.16. The van der Waals surface area contributed by atoms with Crippen LogP contribution in [-0.2, 0) is 17.9 Å². The number of nitrogens with two attached hydrogens (primary N) is 1. The quantitative estimate of drug-likeness (QED) is 0.372. The molecule has 0 unspecified atom stereocenters. The van der Waals surface area contributed by atoms with Crippen molar-refractivity contribution in [3.05, 3.63) is 111 Å². The zero-order valence-electron chi connectivity index (χ0n) is 20.5. The molecule has 0 saturated carbocycles. The Hall–Kier alpha value is -4.37. The molecule has 10 heteroatoms. The molecule has 2 amide bonds. The maximum absolute atomic E-state index is 12.8. The number of hydrogen-bond acceptors (Lipinski definition) is 5. The van der Waals surface area contributed by atoms with E-state index in [2.05, 4.69) is 10.4 Å². The van der Waals surface area contributed by atoms with Crippen LogP contribution in [0.1, 0.15) is 28.4 Å². The van der Waals surface area contributed by atoms with Crippen molar-refractivity contribution in [2.45, 2.75) is 26.1 Å². The third kappa shape index (κ3) is 6.25. The van der Waals surface area contributed by atoms with Crippen LogP contribution in [0.5, 0.6) is 0 Å². The summed E-state index contributed by atoms with van der Waals surface area (Å²) in [6.45, 7) is 2.48. The highest BCUT2D eigenvalue weighted by molar-refractivity contribution is 6.30. The number of nitrogen functional groups attached to an aromatic ring is 1. The molecule has 190 valence electrons. The van der Waals surface area contributed by atoms with Gasteiger partial charge in [0.15, 0.2) is 5.82 Å². The molecule has 0 aliphatic carbocycles. The van der Waals surface area contributed by atoms with Crippen molar-refractivity contribution in [2.24, 2.45) is 0 Å². The molecule has 0 fully saturated rings. The van der Waals surface area contributed by atoms with E-state index in [1.54, 1.807) is 65.9 Å². The second-order valence-corrected chi connectivity index (χ2v) is 9.12. The Labute approximate surface area is 219 Å². The van der Waals surface area contributed by atoms with E-state index in [0.29, 0.717) is 23.8 Å². The Bertz CT molecular complexity index is 1480. The number of pyridine rings is 1. The van der Waals surface area contributed by atoms with Gasteiger partial charge in [-0.1, -0.05) is 48.0 Å². The number of nitrogens with one attached hydrogen (secondary N) is 1. The van der Waals surface area contributed by atoms with Crippen LogP contribution in [0.25, 0.3) is 0 Å². The third-order valence-electron chi connectivity index (χ3n) is 5.90. The molecule has 0 spiro atoms. The number of halogens is 1. The smallest absolute Gasteiger partial charge is 0.257 e. The molecule has 2 aromatic carbocycles. The van der Waals surface area contributed by atoms with Gasteiger partial charge in [0.1, 0.15) is 11.6 Å². The normalized spacial score (nSPS) is 11.6. The van der Waals surface area contributed by atoms with Gasteiger partial charge in [0, 0.05) is 36.2 Å². The van der Waals surface area contributed by atoms with Gasteiger partial charge in [-0.05, 0) is 42.3 Å². The standard InChI is InChI=1S/C27H27ClN6O3/c1-18(27(37)32(2)22-7-5-6-21(28)14-22)30-26(36)23-17-34(31-25(23)29)16-20-11-9-19(10-12-20)15-33-13-4-3-8-24(33)35/h3-14,17-18H,15-16H2,1-2H3,(H2,29,31)(H,30,36)/t18-/m0/s1. The molecule has 2 heterocycles. The summed E-state index contributed by atoms with van der Waals surface area (Å²) < 4.78 is 3.21. The van der Waals surface area contributed by atoms with E-state index in [-0.39, 0.29) is 22.8 Å². The van der Waals surface area contributed by atoms with Gasteiger partial charge < -0.3 is 20.5 Å². The van der Waals surface area contributed by atoms with Crippen LogP contribution in [0, 0.1) is 0 Å². The van der Waals surface area contributed by atoms with Gasteiger partial charge in [-0.25, -0.2) is 0 Å². The summed E-state index contributed by atoms with van der Waals surface area (Å²) in [5.41, 5.74) is 8.68. The molecular weight excluding hydrogens is 492 g/mol. The number of aromatic nitrogens is 3. The Balaban J connectivity index is 1.38. The van der Waals surface area contributed by atoms with Crippen LogP contribution in [0.3, 0.4) is 0 Å². The number of benzene rings is 2. The molecule has 4 rings (SSSR count). The van der Waals surface area contributed by atoms with Gasteiger partial charge in [0.2, 0.25) is 5.91 Å². The average molecular weight is 519 g/mol. The molecule has 4 aromatic rings. The van der Waals surface area contributed by atoms with Crippen LogP contribution in [0.4, 0.5) is 11.5 Å². The lowest BCUT2D eigenvalue weighted by Crippen LogP contribution is -2.45. The van der Waals surface area contributed by atoms with Crippen molar-refractivity contribution >= 4 is 34.9 Å². The van der Waals surface area contributed by atoms with Crippen molar-refractivity contribution in [2.75, 3.05) is 17.7 Å². The Morgan fingerprint density at radius 2 is 1.76 bits per heavy atom. The molecule has 0 saturated heterocycles. The summed E-state index contributed by atoms with van der Waals surface area (Å²) >= 11 is 6.02. The summed E-state index contributed by atoms with van der Waals surface area (Å²) in [4.78, 5) is 39.0. The van der Waals surface area contributed by atoms with E-state index < -0.39 is 11.9 Å². The topological polar surface area (TPSA) is 115 Å². The van der Waals surface area contributed by atoms with Crippen molar-refractivity contribution in [3.63, 3.8) is 0 Å². The van der Waals surface area contributed by atoms with Gasteiger partial charge in [-0.3, -0.25) is 19.1 Å². The molecule has 0 aliphatic rings. The molecule has 9 nitrogen and oxygen atoms in total. The van der Waals surface area contributed by atoms with Crippen molar-refractivity contribution in [3.8, 4) is 0 Å². The first-order valence-corrected chi connectivity index (χ1v) is 12.0. The van der Waals surface area contributed by atoms with Crippen molar-refractivity contribution in [1.82, 2.24) is 19.7 Å². The largest absolute Gasteiger partial charge is 0.382 e. The van der Waals surface area contributed by atoms with Crippen LogP contribution >= 0.6 is 11.6 Å².